The molecule has 0 bridgehead atoms. The predicted octanol–water partition coefficient (Wildman–Crippen LogP) is 4.14. The Kier molecular flexibility index (Phi) is 3.66. The molecule has 0 atom stereocenters. The smallest absolute Gasteiger partial charge is 0.258 e. The van der Waals surface area contributed by atoms with Gasteiger partial charge in [-0.3, -0.25) is 0 Å². The summed E-state index contributed by atoms with van der Waals surface area (Å²) < 4.78 is 5.32. The summed E-state index contributed by atoms with van der Waals surface area (Å²) in [5.74, 6) is 1.17. The molecule has 0 radical (unpaired) electrons. The Balaban J connectivity index is 1.97. The summed E-state index contributed by atoms with van der Waals surface area (Å²) in [6.07, 6.45) is 2.03. The van der Waals surface area contributed by atoms with E-state index in [-0.39, 0.29) is 5.75 Å². The van der Waals surface area contributed by atoms with Gasteiger partial charge in [0.15, 0.2) is 0 Å². The average Bonchev–Trinajstić information content (AvgIpc) is 3.00. The first-order chi connectivity index (χ1) is 10.2. The van der Waals surface area contributed by atoms with Crippen LogP contribution in [-0.4, -0.2) is 21.5 Å². The molecule has 0 aliphatic rings. The van der Waals surface area contributed by atoms with E-state index in [0.717, 1.165) is 16.7 Å². The largest absolute Gasteiger partial charge is 0.508 e. The summed E-state index contributed by atoms with van der Waals surface area (Å²) in [7, 11) is 0. The Bertz CT molecular complexity index is 766. The number of thioether (sulfide) groups is 1. The highest BCUT2D eigenvalue weighted by atomic mass is 32.2. The van der Waals surface area contributed by atoms with Crippen molar-refractivity contribution in [3.63, 3.8) is 0 Å². The second-order valence-corrected chi connectivity index (χ2v) is 5.48. The number of benzene rings is 2. The van der Waals surface area contributed by atoms with Gasteiger partial charge in [0.1, 0.15) is 5.75 Å². The first kappa shape index (κ1) is 13.7. The van der Waals surface area contributed by atoms with Gasteiger partial charge in [-0.2, -0.15) is 4.98 Å². The lowest BCUT2D eigenvalue weighted by molar-refractivity contribution is 0.431. The molecule has 2 aromatic carbocycles. The fraction of sp³-hybridized carbons (Fsp3) is 0.125. The Morgan fingerprint density at radius 3 is 2.57 bits per heavy atom. The maximum Gasteiger partial charge on any atom is 0.258 e. The number of nitrogens with zero attached hydrogens (tertiary/aromatic N) is 2. The SMILES string of the molecule is CSc1ccc(-c2noc(-c3cccc(O)c3C)n2)cc1. The van der Waals surface area contributed by atoms with Crippen LogP contribution in [0, 0.1) is 6.92 Å². The molecule has 0 aliphatic carbocycles. The number of aromatic hydroxyl groups is 1. The predicted molar refractivity (Wildman–Crippen MR) is 83.4 cm³/mol. The Labute approximate surface area is 126 Å². The maximum atomic E-state index is 9.75. The maximum absolute atomic E-state index is 9.75. The number of hydrogen-bond donors (Lipinski definition) is 1. The van der Waals surface area contributed by atoms with Gasteiger partial charge in [0, 0.05) is 21.6 Å². The number of rotatable bonds is 3. The minimum atomic E-state index is 0.219. The number of phenolic OH excluding ortho intramolecular Hbond substituents is 1. The highest BCUT2D eigenvalue weighted by molar-refractivity contribution is 7.98. The molecular formula is C16H14N2O2S. The molecule has 0 fully saturated rings. The molecule has 3 rings (SSSR count). The van der Waals surface area contributed by atoms with E-state index >= 15 is 0 Å². The second-order valence-electron chi connectivity index (χ2n) is 4.60. The van der Waals surface area contributed by atoms with Gasteiger partial charge in [0.2, 0.25) is 5.82 Å². The highest BCUT2D eigenvalue weighted by Gasteiger charge is 2.14. The van der Waals surface area contributed by atoms with Gasteiger partial charge in [-0.15, -0.1) is 11.8 Å². The summed E-state index contributed by atoms with van der Waals surface area (Å²) in [4.78, 5) is 5.60. The van der Waals surface area contributed by atoms with Crippen LogP contribution >= 0.6 is 11.8 Å². The van der Waals surface area contributed by atoms with Crippen molar-refractivity contribution in [3.05, 3.63) is 48.0 Å². The average molecular weight is 298 g/mol. The second kappa shape index (κ2) is 5.61. The van der Waals surface area contributed by atoms with E-state index in [0.29, 0.717) is 11.7 Å². The molecule has 4 nitrogen and oxygen atoms in total. The van der Waals surface area contributed by atoms with Crippen LogP contribution in [-0.2, 0) is 0 Å². The summed E-state index contributed by atoms with van der Waals surface area (Å²) >= 11 is 1.69. The van der Waals surface area contributed by atoms with Gasteiger partial charge in [-0.1, -0.05) is 11.2 Å². The van der Waals surface area contributed by atoms with Crippen LogP contribution in [0.2, 0.25) is 0 Å². The molecule has 3 aromatic rings. The fourth-order valence-electron chi connectivity index (χ4n) is 2.05. The standard InChI is InChI=1S/C16H14N2O2S/c1-10-13(4-3-5-14(10)19)16-17-15(18-20-16)11-6-8-12(21-2)9-7-11/h3-9,19H,1-2H3. The Hall–Kier alpha value is -2.27. The number of phenols is 1. The van der Waals surface area contributed by atoms with Gasteiger partial charge in [0.05, 0.1) is 0 Å². The molecule has 0 aliphatic heterocycles. The molecule has 1 N–H and O–H groups in total. The molecule has 0 unspecified atom stereocenters. The van der Waals surface area contributed by atoms with Crippen LogP contribution in [0.5, 0.6) is 5.75 Å². The van der Waals surface area contributed by atoms with Gasteiger partial charge >= 0.3 is 0 Å². The fourth-order valence-corrected chi connectivity index (χ4v) is 2.45. The zero-order chi connectivity index (χ0) is 14.8. The van der Waals surface area contributed by atoms with Crippen molar-refractivity contribution in [2.24, 2.45) is 0 Å². The first-order valence-corrected chi connectivity index (χ1v) is 7.68. The van der Waals surface area contributed by atoms with E-state index in [2.05, 4.69) is 10.1 Å². The van der Waals surface area contributed by atoms with E-state index in [1.165, 1.54) is 4.90 Å². The highest BCUT2D eigenvalue weighted by Crippen LogP contribution is 2.29. The quantitative estimate of drug-likeness (QED) is 0.736. The van der Waals surface area contributed by atoms with Crippen LogP contribution in [0.1, 0.15) is 5.56 Å². The van der Waals surface area contributed by atoms with Crippen molar-refractivity contribution in [2.45, 2.75) is 11.8 Å². The summed E-state index contributed by atoms with van der Waals surface area (Å²) in [5, 5.41) is 13.8. The van der Waals surface area contributed by atoms with Crippen LogP contribution in [0.25, 0.3) is 22.8 Å². The zero-order valence-electron chi connectivity index (χ0n) is 11.7. The van der Waals surface area contributed by atoms with E-state index in [1.807, 2.05) is 43.5 Å². The molecule has 106 valence electrons. The van der Waals surface area contributed by atoms with Crippen molar-refractivity contribution < 1.29 is 9.63 Å². The topological polar surface area (TPSA) is 59.2 Å². The third-order valence-corrected chi connectivity index (χ3v) is 4.05. The lowest BCUT2D eigenvalue weighted by atomic mass is 10.1. The first-order valence-electron chi connectivity index (χ1n) is 6.46. The minimum absolute atomic E-state index is 0.219. The Morgan fingerprint density at radius 1 is 1.10 bits per heavy atom. The molecule has 21 heavy (non-hydrogen) atoms. The Morgan fingerprint density at radius 2 is 1.86 bits per heavy atom. The normalized spacial score (nSPS) is 10.8. The summed E-state index contributed by atoms with van der Waals surface area (Å²) in [6.45, 7) is 1.82. The number of aromatic nitrogens is 2. The summed E-state index contributed by atoms with van der Waals surface area (Å²) in [5.41, 5.74) is 2.38. The van der Waals surface area contributed by atoms with E-state index < -0.39 is 0 Å². The molecule has 5 heteroatoms. The van der Waals surface area contributed by atoms with E-state index in [1.54, 1.807) is 23.9 Å². The summed E-state index contributed by atoms with van der Waals surface area (Å²) in [6, 6.07) is 13.2. The number of hydrogen-bond acceptors (Lipinski definition) is 5. The lowest BCUT2D eigenvalue weighted by Crippen LogP contribution is -1.85. The molecule has 0 saturated carbocycles. The molecule has 1 aromatic heterocycles. The third-order valence-electron chi connectivity index (χ3n) is 3.31. The van der Waals surface area contributed by atoms with Crippen LogP contribution in [0.15, 0.2) is 51.9 Å². The molecule has 1 heterocycles. The van der Waals surface area contributed by atoms with Crippen LogP contribution < -0.4 is 0 Å². The monoisotopic (exact) mass is 298 g/mol. The van der Waals surface area contributed by atoms with E-state index in [9.17, 15) is 5.11 Å². The van der Waals surface area contributed by atoms with Crippen molar-refractivity contribution in [1.82, 2.24) is 10.1 Å². The molecule has 0 amide bonds. The van der Waals surface area contributed by atoms with Gasteiger partial charge in [-0.05, 0) is 49.6 Å². The van der Waals surface area contributed by atoms with Crippen molar-refractivity contribution in [2.75, 3.05) is 6.26 Å². The molecule has 0 saturated heterocycles. The van der Waals surface area contributed by atoms with Crippen molar-refractivity contribution >= 4 is 11.8 Å². The van der Waals surface area contributed by atoms with Gasteiger partial charge in [0.25, 0.3) is 5.89 Å². The van der Waals surface area contributed by atoms with Crippen molar-refractivity contribution in [3.8, 4) is 28.6 Å². The third kappa shape index (κ3) is 2.64. The lowest BCUT2D eigenvalue weighted by Gasteiger charge is -2.02. The van der Waals surface area contributed by atoms with Crippen LogP contribution in [0.4, 0.5) is 0 Å². The van der Waals surface area contributed by atoms with Gasteiger partial charge in [-0.25, -0.2) is 0 Å². The molecule has 0 spiro atoms. The molecular weight excluding hydrogens is 284 g/mol. The minimum Gasteiger partial charge on any atom is -0.508 e. The van der Waals surface area contributed by atoms with Gasteiger partial charge < -0.3 is 9.63 Å². The zero-order valence-corrected chi connectivity index (χ0v) is 12.5. The van der Waals surface area contributed by atoms with Crippen LogP contribution in [0.3, 0.4) is 0 Å². The van der Waals surface area contributed by atoms with E-state index in [4.69, 9.17) is 4.52 Å². The van der Waals surface area contributed by atoms with Crippen molar-refractivity contribution in [1.29, 1.82) is 0 Å².